The van der Waals surface area contributed by atoms with E-state index >= 15 is 0 Å². The van der Waals surface area contributed by atoms with Crippen molar-refractivity contribution in [3.8, 4) is 0 Å². The summed E-state index contributed by atoms with van der Waals surface area (Å²) in [5, 5.41) is -0.0841. The second kappa shape index (κ2) is 5.77. The van der Waals surface area contributed by atoms with Crippen LogP contribution in [0.5, 0.6) is 0 Å². The van der Waals surface area contributed by atoms with E-state index in [4.69, 9.17) is 23.2 Å². The summed E-state index contributed by atoms with van der Waals surface area (Å²) in [5.41, 5.74) is 1.51. The van der Waals surface area contributed by atoms with Gasteiger partial charge in [-0.2, -0.15) is 0 Å². The SMILES string of the molecule is CC(Cl)c1nc2cc(F)c(Cl)cc2n1C(C)C1CCCC1. The molecule has 2 atom stereocenters. The number of alkyl halides is 1. The van der Waals surface area contributed by atoms with E-state index in [9.17, 15) is 4.39 Å². The molecule has 0 radical (unpaired) electrons. The molecule has 1 aromatic carbocycles. The predicted molar refractivity (Wildman–Crippen MR) is 85.6 cm³/mol. The highest BCUT2D eigenvalue weighted by molar-refractivity contribution is 6.31. The number of nitrogens with zero attached hydrogens (tertiary/aromatic N) is 2. The van der Waals surface area contributed by atoms with Crippen molar-refractivity contribution in [2.24, 2.45) is 5.92 Å². The van der Waals surface area contributed by atoms with Gasteiger partial charge in [0.1, 0.15) is 11.6 Å². The van der Waals surface area contributed by atoms with Crippen LogP contribution in [0.25, 0.3) is 11.0 Å². The molecule has 2 unspecified atom stereocenters. The van der Waals surface area contributed by atoms with Gasteiger partial charge in [-0.05, 0) is 38.7 Å². The average Bonchev–Trinajstić information content (AvgIpc) is 3.06. The van der Waals surface area contributed by atoms with E-state index in [1.165, 1.54) is 31.7 Å². The molecule has 1 saturated carbocycles. The van der Waals surface area contributed by atoms with Crippen LogP contribution in [0.15, 0.2) is 12.1 Å². The van der Waals surface area contributed by atoms with Gasteiger partial charge < -0.3 is 4.57 Å². The first-order valence-corrected chi connectivity index (χ1v) is 8.31. The van der Waals surface area contributed by atoms with Crippen molar-refractivity contribution < 1.29 is 4.39 Å². The van der Waals surface area contributed by atoms with Crippen LogP contribution in [0.3, 0.4) is 0 Å². The Kier molecular flexibility index (Phi) is 4.15. The monoisotopic (exact) mass is 328 g/mol. The first kappa shape index (κ1) is 15.1. The van der Waals surface area contributed by atoms with Gasteiger partial charge in [0.05, 0.1) is 21.4 Å². The summed E-state index contributed by atoms with van der Waals surface area (Å²) in [6, 6.07) is 3.38. The zero-order valence-electron chi connectivity index (χ0n) is 12.2. The summed E-state index contributed by atoms with van der Waals surface area (Å²) >= 11 is 12.3. The molecule has 3 rings (SSSR count). The van der Waals surface area contributed by atoms with Gasteiger partial charge in [0.15, 0.2) is 0 Å². The fourth-order valence-electron chi connectivity index (χ4n) is 3.47. The normalized spacial score (nSPS) is 19.3. The summed E-state index contributed by atoms with van der Waals surface area (Å²) in [7, 11) is 0. The highest BCUT2D eigenvalue weighted by atomic mass is 35.5. The standard InChI is InChI=1S/C16H19Cl2FN2/c1-9(17)16-20-14-8-13(19)12(18)7-15(14)21(16)10(2)11-5-3-4-6-11/h7-11H,3-6H2,1-2H3. The molecule has 0 aliphatic heterocycles. The third-order valence-corrected chi connectivity index (χ3v) is 5.09. The lowest BCUT2D eigenvalue weighted by atomic mass is 9.99. The number of benzene rings is 1. The molecule has 1 aliphatic rings. The van der Waals surface area contributed by atoms with Crippen LogP contribution in [0.2, 0.25) is 5.02 Å². The second-order valence-corrected chi connectivity index (χ2v) is 7.06. The lowest BCUT2D eigenvalue weighted by Crippen LogP contribution is -2.17. The maximum Gasteiger partial charge on any atom is 0.144 e. The molecule has 0 amide bonds. The first-order valence-electron chi connectivity index (χ1n) is 7.50. The predicted octanol–water partition coefficient (Wildman–Crippen LogP) is 5.88. The van der Waals surface area contributed by atoms with Gasteiger partial charge in [0, 0.05) is 12.1 Å². The van der Waals surface area contributed by atoms with E-state index in [1.54, 1.807) is 6.07 Å². The topological polar surface area (TPSA) is 17.8 Å². The number of aromatic nitrogens is 2. The second-order valence-electron chi connectivity index (χ2n) is 6.00. The summed E-state index contributed by atoms with van der Waals surface area (Å²) in [5.74, 6) is 0.990. The van der Waals surface area contributed by atoms with Gasteiger partial charge in [-0.3, -0.25) is 0 Å². The lowest BCUT2D eigenvalue weighted by Gasteiger charge is -2.24. The first-order chi connectivity index (χ1) is 9.99. The van der Waals surface area contributed by atoms with Crippen LogP contribution in [-0.2, 0) is 0 Å². The molecule has 2 aromatic rings. The lowest BCUT2D eigenvalue weighted by molar-refractivity contribution is 0.359. The molecule has 0 N–H and O–H groups in total. The van der Waals surface area contributed by atoms with Gasteiger partial charge in [0.2, 0.25) is 0 Å². The van der Waals surface area contributed by atoms with Crippen LogP contribution in [0.1, 0.15) is 56.8 Å². The molecule has 5 heteroatoms. The minimum Gasteiger partial charge on any atom is -0.324 e. The maximum atomic E-state index is 13.7. The summed E-state index contributed by atoms with van der Waals surface area (Å²) < 4.78 is 15.8. The highest BCUT2D eigenvalue weighted by Crippen LogP contribution is 2.38. The molecule has 0 spiro atoms. The van der Waals surface area contributed by atoms with E-state index in [-0.39, 0.29) is 10.4 Å². The summed E-state index contributed by atoms with van der Waals surface area (Å²) in [6.07, 6.45) is 5.02. The minimum atomic E-state index is -0.434. The van der Waals surface area contributed by atoms with E-state index in [0.29, 0.717) is 17.5 Å². The van der Waals surface area contributed by atoms with Gasteiger partial charge in [-0.1, -0.05) is 24.4 Å². The van der Waals surface area contributed by atoms with Crippen molar-refractivity contribution in [2.45, 2.75) is 50.9 Å². The molecule has 1 aliphatic carbocycles. The Balaban J connectivity index is 2.17. The Labute approximate surface area is 134 Å². The number of halogens is 3. The van der Waals surface area contributed by atoms with Gasteiger partial charge in [-0.15, -0.1) is 11.6 Å². The highest BCUT2D eigenvalue weighted by Gasteiger charge is 2.27. The number of hydrogen-bond donors (Lipinski definition) is 0. The van der Waals surface area contributed by atoms with E-state index in [2.05, 4.69) is 16.5 Å². The van der Waals surface area contributed by atoms with Crippen molar-refractivity contribution in [2.75, 3.05) is 0 Å². The van der Waals surface area contributed by atoms with Gasteiger partial charge in [-0.25, -0.2) is 9.37 Å². The Morgan fingerprint density at radius 3 is 2.57 bits per heavy atom. The molecule has 2 nitrogen and oxygen atoms in total. The van der Waals surface area contributed by atoms with E-state index < -0.39 is 5.82 Å². The summed E-state index contributed by atoms with van der Waals surface area (Å²) in [4.78, 5) is 4.54. The molecule has 21 heavy (non-hydrogen) atoms. The third-order valence-electron chi connectivity index (χ3n) is 4.60. The van der Waals surface area contributed by atoms with Crippen LogP contribution in [-0.4, -0.2) is 9.55 Å². The Morgan fingerprint density at radius 1 is 1.29 bits per heavy atom. The Bertz CT molecular complexity index is 660. The van der Waals surface area contributed by atoms with E-state index in [1.807, 2.05) is 6.92 Å². The van der Waals surface area contributed by atoms with Gasteiger partial charge in [0.25, 0.3) is 0 Å². The maximum absolute atomic E-state index is 13.7. The molecule has 0 saturated heterocycles. The number of rotatable bonds is 3. The van der Waals surface area contributed by atoms with Crippen LogP contribution >= 0.6 is 23.2 Å². The number of fused-ring (bicyclic) bond motifs is 1. The molecule has 1 aromatic heterocycles. The van der Waals surface area contributed by atoms with Crippen molar-refractivity contribution in [3.63, 3.8) is 0 Å². The van der Waals surface area contributed by atoms with Crippen LogP contribution in [0, 0.1) is 11.7 Å². The van der Waals surface area contributed by atoms with Crippen molar-refractivity contribution in [1.82, 2.24) is 9.55 Å². The van der Waals surface area contributed by atoms with E-state index in [0.717, 1.165) is 11.3 Å². The molecule has 1 heterocycles. The average molecular weight is 329 g/mol. The minimum absolute atomic E-state index is 0.135. The number of imidazole rings is 1. The van der Waals surface area contributed by atoms with Crippen LogP contribution < -0.4 is 0 Å². The molecule has 0 bridgehead atoms. The van der Waals surface area contributed by atoms with Crippen molar-refractivity contribution in [1.29, 1.82) is 0 Å². The quantitative estimate of drug-likeness (QED) is 0.643. The van der Waals surface area contributed by atoms with Gasteiger partial charge >= 0.3 is 0 Å². The molecular weight excluding hydrogens is 310 g/mol. The molecule has 1 fully saturated rings. The summed E-state index contributed by atoms with van der Waals surface area (Å²) in [6.45, 7) is 4.11. The van der Waals surface area contributed by atoms with Crippen LogP contribution in [0.4, 0.5) is 4.39 Å². The zero-order chi connectivity index (χ0) is 15.1. The Morgan fingerprint density at radius 2 is 1.95 bits per heavy atom. The largest absolute Gasteiger partial charge is 0.324 e. The zero-order valence-corrected chi connectivity index (χ0v) is 13.8. The molecular formula is C16H19Cl2FN2. The van der Waals surface area contributed by atoms with Crippen molar-refractivity contribution in [3.05, 3.63) is 28.8 Å². The Hall–Kier alpha value is -0.800. The number of hydrogen-bond acceptors (Lipinski definition) is 1. The fourth-order valence-corrected chi connectivity index (χ4v) is 3.78. The smallest absolute Gasteiger partial charge is 0.144 e. The van der Waals surface area contributed by atoms with Crippen molar-refractivity contribution >= 4 is 34.2 Å². The molecule has 114 valence electrons. The third kappa shape index (κ3) is 2.66. The fraction of sp³-hybridized carbons (Fsp3) is 0.562.